The number of anilines is 3. The summed E-state index contributed by atoms with van der Waals surface area (Å²) in [6.45, 7) is 8.39. The lowest BCUT2D eigenvalue weighted by molar-refractivity contribution is 0.0360. The van der Waals surface area contributed by atoms with Crippen molar-refractivity contribution in [1.82, 2.24) is 29.6 Å². The van der Waals surface area contributed by atoms with Crippen LogP contribution in [-0.4, -0.2) is 88.8 Å². The highest BCUT2D eigenvalue weighted by molar-refractivity contribution is 5.92. The third-order valence-corrected chi connectivity index (χ3v) is 6.81. The fourth-order valence-electron chi connectivity index (χ4n) is 4.73. The molecule has 6 rings (SSSR count). The molecule has 4 aromatic rings. The lowest BCUT2D eigenvalue weighted by Crippen LogP contribution is -2.38. The highest BCUT2D eigenvalue weighted by Crippen LogP contribution is 2.28. The van der Waals surface area contributed by atoms with Crippen LogP contribution in [0.1, 0.15) is 0 Å². The van der Waals surface area contributed by atoms with Gasteiger partial charge in [-0.2, -0.15) is 5.10 Å². The molecule has 2 N–H and O–H groups in total. The number of aromatic amines is 1. The number of hydrogen-bond acceptors (Lipinski definition) is 9. The zero-order chi connectivity index (χ0) is 25.0. The minimum absolute atomic E-state index is 0.238. The molecular weight excluding hydrogens is 472 g/mol. The Morgan fingerprint density at radius 1 is 0.973 bits per heavy atom. The summed E-state index contributed by atoms with van der Waals surface area (Å²) in [5.41, 5.74) is 3.89. The molecule has 37 heavy (non-hydrogen) atoms. The quantitative estimate of drug-likeness (QED) is 0.392. The summed E-state index contributed by atoms with van der Waals surface area (Å²) >= 11 is 0. The molecule has 2 aliphatic heterocycles. The Bertz CT molecular complexity index is 1410. The number of aromatic nitrogens is 5. The van der Waals surface area contributed by atoms with Gasteiger partial charge in [-0.1, -0.05) is 0 Å². The number of ether oxygens (including phenoxy) is 2. The minimum Gasteiger partial charge on any atom is -0.379 e. The monoisotopic (exact) mass is 502 g/mol. The summed E-state index contributed by atoms with van der Waals surface area (Å²) < 4.78 is 12.8. The van der Waals surface area contributed by atoms with Crippen LogP contribution < -0.4 is 15.8 Å². The normalized spacial score (nSPS) is 16.8. The van der Waals surface area contributed by atoms with Gasteiger partial charge in [0.1, 0.15) is 11.2 Å². The standard InChI is InChI=1S/C26H30N8O3/c35-26-24-23(27-18-28-26)15-22(19-16-29-34(17-19)6-5-32-7-11-36-12-8-32)31-25(24)30-20-1-3-21(4-2-20)33-9-13-37-14-10-33/h1-4,15-18H,5-14H2,(H,30,31)(H,27,28,35). The van der Waals surface area contributed by atoms with Gasteiger partial charge in [-0.05, 0) is 30.3 Å². The molecular formula is C26H30N8O3. The number of H-pyrrole nitrogens is 1. The van der Waals surface area contributed by atoms with Gasteiger partial charge in [-0.3, -0.25) is 14.4 Å². The van der Waals surface area contributed by atoms with E-state index in [0.717, 1.165) is 82.6 Å². The van der Waals surface area contributed by atoms with E-state index in [2.05, 4.69) is 42.3 Å². The second-order valence-corrected chi connectivity index (χ2v) is 9.20. The van der Waals surface area contributed by atoms with Crippen LogP contribution in [0.25, 0.3) is 22.2 Å². The Labute approximate surface area is 214 Å². The van der Waals surface area contributed by atoms with Crippen LogP contribution in [0.15, 0.2) is 53.8 Å². The molecule has 0 amide bonds. The highest BCUT2D eigenvalue weighted by Gasteiger charge is 2.16. The molecule has 0 saturated carbocycles. The maximum Gasteiger partial charge on any atom is 0.262 e. The molecule has 0 spiro atoms. The van der Waals surface area contributed by atoms with Gasteiger partial charge >= 0.3 is 0 Å². The van der Waals surface area contributed by atoms with Crippen LogP contribution in [0.5, 0.6) is 0 Å². The molecule has 2 aliphatic rings. The van der Waals surface area contributed by atoms with Gasteiger partial charge in [0.15, 0.2) is 0 Å². The van der Waals surface area contributed by atoms with Crippen molar-refractivity contribution in [3.05, 3.63) is 59.4 Å². The average molecular weight is 503 g/mol. The number of fused-ring (bicyclic) bond motifs is 1. The largest absolute Gasteiger partial charge is 0.379 e. The van der Waals surface area contributed by atoms with Crippen molar-refractivity contribution in [2.75, 3.05) is 69.4 Å². The summed E-state index contributed by atoms with van der Waals surface area (Å²) in [6.07, 6.45) is 5.21. The molecule has 0 radical (unpaired) electrons. The van der Waals surface area contributed by atoms with Crippen LogP contribution in [0, 0.1) is 0 Å². The van der Waals surface area contributed by atoms with Crippen LogP contribution >= 0.6 is 0 Å². The predicted octanol–water partition coefficient (Wildman–Crippen LogP) is 2.09. The second-order valence-electron chi connectivity index (χ2n) is 9.20. The number of morpholine rings is 2. The predicted molar refractivity (Wildman–Crippen MR) is 141 cm³/mol. The van der Waals surface area contributed by atoms with E-state index in [1.807, 2.05) is 35.3 Å². The highest BCUT2D eigenvalue weighted by atomic mass is 16.5. The lowest BCUT2D eigenvalue weighted by atomic mass is 10.1. The molecule has 11 heteroatoms. The zero-order valence-electron chi connectivity index (χ0n) is 20.6. The van der Waals surface area contributed by atoms with E-state index < -0.39 is 0 Å². The first-order chi connectivity index (χ1) is 18.2. The molecule has 5 heterocycles. The number of rotatable bonds is 7. The lowest BCUT2D eigenvalue weighted by Gasteiger charge is -2.28. The minimum atomic E-state index is -0.238. The molecule has 2 fully saturated rings. The number of pyridine rings is 1. The van der Waals surface area contributed by atoms with Gasteiger partial charge in [0, 0.05) is 55.9 Å². The van der Waals surface area contributed by atoms with Crippen LogP contribution in [-0.2, 0) is 16.0 Å². The first-order valence-corrected chi connectivity index (χ1v) is 12.6. The van der Waals surface area contributed by atoms with E-state index in [0.29, 0.717) is 22.4 Å². The fraction of sp³-hybridized carbons (Fsp3) is 0.385. The number of nitrogens with one attached hydrogen (secondary N) is 2. The summed E-state index contributed by atoms with van der Waals surface area (Å²) in [7, 11) is 0. The zero-order valence-corrected chi connectivity index (χ0v) is 20.6. The van der Waals surface area contributed by atoms with Crippen molar-refractivity contribution in [1.29, 1.82) is 0 Å². The van der Waals surface area contributed by atoms with E-state index in [1.54, 1.807) is 0 Å². The molecule has 0 atom stereocenters. The van der Waals surface area contributed by atoms with Crippen molar-refractivity contribution in [2.45, 2.75) is 6.54 Å². The number of hydrogen-bond donors (Lipinski definition) is 2. The average Bonchev–Trinajstić information content (AvgIpc) is 3.43. The van der Waals surface area contributed by atoms with Gasteiger partial charge in [0.05, 0.1) is 56.7 Å². The summed E-state index contributed by atoms with van der Waals surface area (Å²) in [6, 6.07) is 9.97. The van der Waals surface area contributed by atoms with Crippen molar-refractivity contribution in [2.24, 2.45) is 0 Å². The van der Waals surface area contributed by atoms with Crippen LogP contribution in [0.2, 0.25) is 0 Å². The second kappa shape index (κ2) is 10.7. The molecule has 0 aliphatic carbocycles. The van der Waals surface area contributed by atoms with Crippen LogP contribution in [0.4, 0.5) is 17.2 Å². The van der Waals surface area contributed by atoms with Gasteiger partial charge in [0.2, 0.25) is 0 Å². The maximum absolute atomic E-state index is 12.7. The first kappa shape index (κ1) is 23.6. The number of nitrogens with zero attached hydrogens (tertiary/aromatic N) is 6. The Balaban J connectivity index is 1.25. The van der Waals surface area contributed by atoms with Gasteiger partial charge in [0.25, 0.3) is 5.56 Å². The smallest absolute Gasteiger partial charge is 0.262 e. The SMILES string of the molecule is O=c1[nH]cnc2cc(-c3cnn(CCN4CCOCC4)c3)nc(Nc3ccc(N4CCOCC4)cc3)c12. The van der Waals surface area contributed by atoms with E-state index >= 15 is 0 Å². The van der Waals surface area contributed by atoms with E-state index in [4.69, 9.17) is 14.5 Å². The summed E-state index contributed by atoms with van der Waals surface area (Å²) in [4.78, 5) is 29.3. The molecule has 192 valence electrons. The fourth-order valence-corrected chi connectivity index (χ4v) is 4.73. The van der Waals surface area contributed by atoms with E-state index in [1.165, 1.54) is 6.33 Å². The third-order valence-electron chi connectivity index (χ3n) is 6.81. The topological polar surface area (TPSA) is 113 Å². The first-order valence-electron chi connectivity index (χ1n) is 12.6. The molecule has 2 saturated heterocycles. The maximum atomic E-state index is 12.7. The molecule has 0 unspecified atom stereocenters. The molecule has 3 aromatic heterocycles. The molecule has 0 bridgehead atoms. The van der Waals surface area contributed by atoms with Crippen molar-refractivity contribution < 1.29 is 9.47 Å². The Morgan fingerprint density at radius 2 is 1.73 bits per heavy atom. The van der Waals surface area contributed by atoms with E-state index in [-0.39, 0.29) is 5.56 Å². The van der Waals surface area contributed by atoms with E-state index in [9.17, 15) is 4.79 Å². The molecule has 11 nitrogen and oxygen atoms in total. The number of benzene rings is 1. The summed E-state index contributed by atoms with van der Waals surface area (Å²) in [5, 5.41) is 8.30. The Hall–Kier alpha value is -3.80. The van der Waals surface area contributed by atoms with Gasteiger partial charge in [-0.15, -0.1) is 0 Å². The van der Waals surface area contributed by atoms with Crippen LogP contribution in [0.3, 0.4) is 0 Å². The van der Waals surface area contributed by atoms with Crippen molar-refractivity contribution in [3.63, 3.8) is 0 Å². The third kappa shape index (κ3) is 5.33. The summed E-state index contributed by atoms with van der Waals surface area (Å²) in [5.74, 6) is 0.460. The van der Waals surface area contributed by atoms with Gasteiger partial charge < -0.3 is 24.7 Å². The molecule has 1 aromatic carbocycles. The van der Waals surface area contributed by atoms with Gasteiger partial charge in [-0.25, -0.2) is 9.97 Å². The Morgan fingerprint density at radius 3 is 2.51 bits per heavy atom. The Kier molecular flexibility index (Phi) is 6.80. The van der Waals surface area contributed by atoms with Crippen molar-refractivity contribution >= 4 is 28.1 Å². The van der Waals surface area contributed by atoms with Crippen molar-refractivity contribution in [3.8, 4) is 11.3 Å².